The van der Waals surface area contributed by atoms with E-state index in [1.807, 2.05) is 0 Å². The Morgan fingerprint density at radius 3 is 2.21 bits per heavy atom. The van der Waals surface area contributed by atoms with Crippen LogP contribution in [0.15, 0.2) is 0 Å². The summed E-state index contributed by atoms with van der Waals surface area (Å²) in [6.07, 6.45) is -0.699. The van der Waals surface area contributed by atoms with Crippen molar-refractivity contribution < 1.29 is 19.1 Å². The van der Waals surface area contributed by atoms with Gasteiger partial charge in [0, 0.05) is 19.7 Å². The van der Waals surface area contributed by atoms with Crippen LogP contribution in [0.25, 0.3) is 0 Å². The van der Waals surface area contributed by atoms with Gasteiger partial charge in [0.25, 0.3) is 0 Å². The van der Waals surface area contributed by atoms with E-state index in [1.54, 1.807) is 0 Å². The number of alkyl halides is 2. The number of carbonyl (C=O) groups is 2. The first-order valence-corrected chi connectivity index (χ1v) is 4.95. The summed E-state index contributed by atoms with van der Waals surface area (Å²) < 4.78 is 9.49. The zero-order valence-electron chi connectivity index (χ0n) is 7.96. The maximum atomic E-state index is 10.7. The number of rotatable bonds is 5. The van der Waals surface area contributed by atoms with E-state index in [-0.39, 0.29) is 12.5 Å². The molecule has 0 unspecified atom stereocenters. The number of ether oxygens (including phenoxy) is 2. The molecule has 0 rings (SSSR count). The Kier molecular flexibility index (Phi) is 6.66. The van der Waals surface area contributed by atoms with Gasteiger partial charge >= 0.3 is 11.9 Å². The summed E-state index contributed by atoms with van der Waals surface area (Å²) in [4.78, 5) is 21.2. The van der Waals surface area contributed by atoms with Gasteiger partial charge in [0.15, 0.2) is 6.10 Å². The fourth-order valence-corrected chi connectivity index (χ4v) is 1.05. The Balaban J connectivity index is 4.09. The minimum Gasteiger partial charge on any atom is -0.462 e. The molecule has 0 aromatic heterocycles. The van der Waals surface area contributed by atoms with Gasteiger partial charge in [0.1, 0.15) is 6.61 Å². The normalized spacial score (nSPS) is 14.3. The van der Waals surface area contributed by atoms with Gasteiger partial charge in [-0.25, -0.2) is 0 Å². The molecule has 2 atom stereocenters. The Hall–Kier alpha value is -0.480. The van der Waals surface area contributed by atoms with E-state index in [2.05, 4.69) is 4.74 Å². The highest BCUT2D eigenvalue weighted by atomic mass is 35.5. The van der Waals surface area contributed by atoms with Gasteiger partial charge in [-0.15, -0.1) is 23.2 Å². The third kappa shape index (κ3) is 6.05. The van der Waals surface area contributed by atoms with Crippen molar-refractivity contribution in [2.75, 3.05) is 12.5 Å². The van der Waals surface area contributed by atoms with Crippen LogP contribution < -0.4 is 0 Å². The molecule has 0 saturated carbocycles. The summed E-state index contributed by atoms with van der Waals surface area (Å²) in [5.74, 6) is -0.834. The molecule has 14 heavy (non-hydrogen) atoms. The van der Waals surface area contributed by atoms with Crippen LogP contribution in [-0.4, -0.2) is 35.9 Å². The van der Waals surface area contributed by atoms with E-state index < -0.39 is 23.4 Å². The van der Waals surface area contributed by atoms with Gasteiger partial charge < -0.3 is 9.47 Å². The molecule has 0 aromatic carbocycles. The fourth-order valence-electron chi connectivity index (χ4n) is 0.724. The van der Waals surface area contributed by atoms with Crippen molar-refractivity contribution in [2.45, 2.75) is 25.3 Å². The number of hydrogen-bond acceptors (Lipinski definition) is 4. The van der Waals surface area contributed by atoms with Crippen molar-refractivity contribution in [3.05, 3.63) is 0 Å². The van der Waals surface area contributed by atoms with Crippen LogP contribution >= 0.6 is 23.2 Å². The van der Waals surface area contributed by atoms with Gasteiger partial charge in [-0.2, -0.15) is 0 Å². The second-order valence-electron chi connectivity index (χ2n) is 2.62. The van der Waals surface area contributed by atoms with Crippen LogP contribution in [0.5, 0.6) is 0 Å². The highest BCUT2D eigenvalue weighted by Crippen LogP contribution is 2.10. The first-order valence-electron chi connectivity index (χ1n) is 3.98. The Morgan fingerprint density at radius 1 is 1.29 bits per heavy atom. The molecule has 4 nitrogen and oxygen atoms in total. The molecule has 0 heterocycles. The lowest BCUT2D eigenvalue weighted by molar-refractivity contribution is -0.156. The van der Waals surface area contributed by atoms with E-state index >= 15 is 0 Å². The third-order valence-corrected chi connectivity index (χ3v) is 2.24. The summed E-state index contributed by atoms with van der Waals surface area (Å²) in [5, 5.41) is -0.570. The number of carbonyl (C=O) groups excluding carboxylic acids is 2. The first kappa shape index (κ1) is 13.5. The molecule has 6 heteroatoms. The maximum absolute atomic E-state index is 10.7. The average molecular weight is 243 g/mol. The van der Waals surface area contributed by atoms with E-state index in [1.165, 1.54) is 13.8 Å². The summed E-state index contributed by atoms with van der Waals surface area (Å²) >= 11 is 11.2. The molecule has 82 valence electrons. The third-order valence-electron chi connectivity index (χ3n) is 1.32. The maximum Gasteiger partial charge on any atom is 0.303 e. The van der Waals surface area contributed by atoms with E-state index in [0.717, 1.165) is 0 Å². The van der Waals surface area contributed by atoms with Crippen molar-refractivity contribution >= 4 is 35.1 Å². The topological polar surface area (TPSA) is 52.6 Å². The summed E-state index contributed by atoms with van der Waals surface area (Å²) in [7, 11) is 0. The molecule has 0 spiro atoms. The van der Waals surface area contributed by atoms with E-state index in [4.69, 9.17) is 27.9 Å². The Labute approximate surface area is 92.5 Å². The summed E-state index contributed by atoms with van der Waals surface area (Å²) in [6.45, 7) is 2.43. The monoisotopic (exact) mass is 242 g/mol. The van der Waals surface area contributed by atoms with Gasteiger partial charge in [-0.1, -0.05) is 0 Å². The summed E-state index contributed by atoms with van der Waals surface area (Å²) in [5.41, 5.74) is 0. The predicted molar refractivity (Wildman–Crippen MR) is 52.5 cm³/mol. The molecule has 0 fully saturated rings. The molecular weight excluding hydrogens is 231 g/mol. The highest BCUT2D eigenvalue weighted by Gasteiger charge is 2.22. The van der Waals surface area contributed by atoms with Crippen molar-refractivity contribution in [1.82, 2.24) is 0 Å². The van der Waals surface area contributed by atoms with Crippen molar-refractivity contribution in [3.63, 3.8) is 0 Å². The van der Waals surface area contributed by atoms with Gasteiger partial charge in [-0.05, 0) is 0 Å². The zero-order chi connectivity index (χ0) is 11.1. The lowest BCUT2D eigenvalue weighted by Crippen LogP contribution is -2.33. The Bertz CT molecular complexity index is 208. The van der Waals surface area contributed by atoms with Crippen molar-refractivity contribution in [2.24, 2.45) is 0 Å². The summed E-state index contributed by atoms with van der Waals surface area (Å²) in [6, 6.07) is 0. The van der Waals surface area contributed by atoms with Crippen LogP contribution in [0.2, 0.25) is 0 Å². The Morgan fingerprint density at radius 2 is 1.86 bits per heavy atom. The van der Waals surface area contributed by atoms with Crippen molar-refractivity contribution in [1.29, 1.82) is 0 Å². The molecule has 0 radical (unpaired) electrons. The predicted octanol–water partition coefficient (Wildman–Crippen LogP) is 1.33. The fraction of sp³-hybridized carbons (Fsp3) is 0.750. The van der Waals surface area contributed by atoms with Gasteiger partial charge in [0.2, 0.25) is 0 Å². The smallest absolute Gasteiger partial charge is 0.303 e. The second kappa shape index (κ2) is 6.90. The van der Waals surface area contributed by atoms with Crippen LogP contribution in [0.1, 0.15) is 13.8 Å². The molecule has 0 aliphatic heterocycles. The molecule has 0 N–H and O–H groups in total. The minimum atomic E-state index is -0.699. The minimum absolute atomic E-state index is 0.0736. The van der Waals surface area contributed by atoms with Crippen LogP contribution in [-0.2, 0) is 19.1 Å². The van der Waals surface area contributed by atoms with Crippen molar-refractivity contribution in [3.8, 4) is 0 Å². The standard InChI is InChI=1S/C8H12Cl2O4/c1-5(11)13-4-8(7(10)3-9)14-6(2)12/h7-8H,3-4H2,1-2H3/t7-,8-/m1/s1. The molecular formula is C8H12Cl2O4. The lowest BCUT2D eigenvalue weighted by atomic mass is 10.3. The molecule has 0 saturated heterocycles. The molecule has 0 amide bonds. The molecule has 0 aliphatic carbocycles. The number of esters is 2. The van der Waals surface area contributed by atoms with E-state index in [0.29, 0.717) is 0 Å². The quantitative estimate of drug-likeness (QED) is 0.540. The molecule has 0 aromatic rings. The van der Waals surface area contributed by atoms with Gasteiger partial charge in [0.05, 0.1) is 5.38 Å². The first-order chi connectivity index (χ1) is 6.47. The highest BCUT2D eigenvalue weighted by molar-refractivity contribution is 6.28. The van der Waals surface area contributed by atoms with E-state index in [9.17, 15) is 9.59 Å². The largest absolute Gasteiger partial charge is 0.462 e. The number of halogens is 2. The molecule has 0 aliphatic rings. The van der Waals surface area contributed by atoms with Crippen LogP contribution in [0.4, 0.5) is 0 Å². The van der Waals surface area contributed by atoms with Gasteiger partial charge in [-0.3, -0.25) is 9.59 Å². The van der Waals surface area contributed by atoms with Crippen LogP contribution in [0, 0.1) is 0 Å². The lowest BCUT2D eigenvalue weighted by Gasteiger charge is -2.19. The second-order valence-corrected chi connectivity index (χ2v) is 3.49. The zero-order valence-corrected chi connectivity index (χ0v) is 9.47. The number of hydrogen-bond donors (Lipinski definition) is 0. The average Bonchev–Trinajstić information content (AvgIpc) is 2.10. The van der Waals surface area contributed by atoms with Crippen LogP contribution in [0.3, 0.4) is 0 Å². The molecule has 0 bridgehead atoms. The SMILES string of the molecule is CC(=O)OC[C@@H](OC(C)=O)[C@H](Cl)CCl.